The van der Waals surface area contributed by atoms with Crippen molar-refractivity contribution >= 4 is 10.9 Å². The Bertz CT molecular complexity index is 917. The quantitative estimate of drug-likeness (QED) is 0.747. The van der Waals surface area contributed by atoms with Crippen molar-refractivity contribution in [3.63, 3.8) is 0 Å². The van der Waals surface area contributed by atoms with Crippen LogP contribution >= 0.6 is 0 Å². The monoisotopic (exact) mass is 306 g/mol. The normalized spacial score (nSPS) is 17.7. The summed E-state index contributed by atoms with van der Waals surface area (Å²) in [7, 11) is 0. The molecule has 4 rings (SSSR count). The molecule has 0 saturated carbocycles. The smallest absolute Gasteiger partial charge is 0.261 e. The summed E-state index contributed by atoms with van der Waals surface area (Å²) in [5.74, 6) is 0.841. The van der Waals surface area contributed by atoms with E-state index in [9.17, 15) is 4.79 Å². The van der Waals surface area contributed by atoms with Gasteiger partial charge < -0.3 is 5.73 Å². The summed E-state index contributed by atoms with van der Waals surface area (Å²) in [6.45, 7) is 0.653. The molecule has 0 radical (unpaired) electrons. The van der Waals surface area contributed by atoms with E-state index in [1.807, 2.05) is 36.4 Å². The Kier molecular flexibility index (Phi) is 3.42. The van der Waals surface area contributed by atoms with Crippen LogP contribution in [0.2, 0.25) is 0 Å². The van der Waals surface area contributed by atoms with Crippen LogP contribution in [0.1, 0.15) is 18.7 Å². The molecule has 1 unspecified atom stereocenters. The summed E-state index contributed by atoms with van der Waals surface area (Å²) in [5, 5.41) is 0.656. The molecule has 23 heavy (non-hydrogen) atoms. The SMILES string of the molecule is NC1CCc2nc3cc(-c4ccccn4)ccc3c(=O)n2CC1. The van der Waals surface area contributed by atoms with Crippen LogP contribution in [0.5, 0.6) is 0 Å². The van der Waals surface area contributed by atoms with Crippen molar-refractivity contribution < 1.29 is 0 Å². The largest absolute Gasteiger partial charge is 0.328 e. The summed E-state index contributed by atoms with van der Waals surface area (Å²) in [6, 6.07) is 11.7. The van der Waals surface area contributed by atoms with Gasteiger partial charge in [-0.15, -0.1) is 0 Å². The average Bonchev–Trinajstić information content (AvgIpc) is 2.78. The summed E-state index contributed by atoms with van der Waals surface area (Å²) < 4.78 is 1.79. The van der Waals surface area contributed by atoms with Crippen molar-refractivity contribution in [3.05, 3.63) is 58.8 Å². The van der Waals surface area contributed by atoms with Gasteiger partial charge in [-0.25, -0.2) is 4.98 Å². The van der Waals surface area contributed by atoms with Crippen molar-refractivity contribution in [2.75, 3.05) is 0 Å². The lowest BCUT2D eigenvalue weighted by Crippen LogP contribution is -2.25. The van der Waals surface area contributed by atoms with Gasteiger partial charge in [0.05, 0.1) is 16.6 Å². The predicted molar refractivity (Wildman–Crippen MR) is 90.1 cm³/mol. The minimum absolute atomic E-state index is 0.0340. The van der Waals surface area contributed by atoms with Crippen molar-refractivity contribution in [2.24, 2.45) is 5.73 Å². The first-order valence-electron chi connectivity index (χ1n) is 7.93. The van der Waals surface area contributed by atoms with E-state index in [2.05, 4.69) is 4.98 Å². The van der Waals surface area contributed by atoms with Crippen molar-refractivity contribution in [1.82, 2.24) is 14.5 Å². The predicted octanol–water partition coefficient (Wildman–Crippen LogP) is 2.12. The maximum atomic E-state index is 12.7. The standard InChI is InChI=1S/C18H18N4O/c19-13-5-7-17-21-16-11-12(15-3-1-2-9-20-15)4-6-14(16)18(23)22(17)10-8-13/h1-4,6,9,11,13H,5,7-8,10,19H2. The van der Waals surface area contributed by atoms with Crippen LogP contribution in [0.4, 0.5) is 0 Å². The van der Waals surface area contributed by atoms with Crippen molar-refractivity contribution in [1.29, 1.82) is 0 Å². The zero-order valence-corrected chi connectivity index (χ0v) is 12.8. The fourth-order valence-corrected chi connectivity index (χ4v) is 3.14. The number of nitrogens with two attached hydrogens (primary N) is 1. The van der Waals surface area contributed by atoms with E-state index in [0.717, 1.165) is 41.9 Å². The van der Waals surface area contributed by atoms with Crippen molar-refractivity contribution in [3.8, 4) is 11.3 Å². The number of hydrogen-bond acceptors (Lipinski definition) is 4. The second-order valence-electron chi connectivity index (χ2n) is 6.02. The van der Waals surface area contributed by atoms with Gasteiger partial charge in [0.2, 0.25) is 0 Å². The van der Waals surface area contributed by atoms with Crippen LogP contribution in [0, 0.1) is 0 Å². The Morgan fingerprint density at radius 3 is 2.91 bits per heavy atom. The minimum Gasteiger partial charge on any atom is -0.328 e. The van der Waals surface area contributed by atoms with E-state index < -0.39 is 0 Å². The van der Waals surface area contributed by atoms with E-state index in [0.29, 0.717) is 11.9 Å². The number of pyridine rings is 1. The van der Waals surface area contributed by atoms with Crippen LogP contribution < -0.4 is 11.3 Å². The third kappa shape index (κ3) is 2.53. The molecule has 116 valence electrons. The highest BCUT2D eigenvalue weighted by Crippen LogP contribution is 2.21. The number of benzene rings is 1. The van der Waals surface area contributed by atoms with E-state index in [1.54, 1.807) is 10.8 Å². The lowest BCUT2D eigenvalue weighted by Gasteiger charge is -2.10. The molecule has 0 aliphatic carbocycles. The fourth-order valence-electron chi connectivity index (χ4n) is 3.14. The van der Waals surface area contributed by atoms with Crippen LogP contribution in [0.3, 0.4) is 0 Å². The van der Waals surface area contributed by atoms with Gasteiger partial charge in [-0.3, -0.25) is 14.3 Å². The first-order valence-corrected chi connectivity index (χ1v) is 7.93. The molecule has 5 heteroatoms. The Morgan fingerprint density at radius 2 is 2.09 bits per heavy atom. The fraction of sp³-hybridized carbons (Fsp3) is 0.278. The lowest BCUT2D eigenvalue weighted by molar-refractivity contribution is 0.549. The molecule has 0 saturated heterocycles. The molecule has 5 nitrogen and oxygen atoms in total. The Hall–Kier alpha value is -2.53. The molecule has 0 fully saturated rings. The number of nitrogens with zero attached hydrogens (tertiary/aromatic N) is 3. The van der Waals surface area contributed by atoms with Crippen LogP contribution in [-0.2, 0) is 13.0 Å². The average molecular weight is 306 g/mol. The summed E-state index contributed by atoms with van der Waals surface area (Å²) in [6.07, 6.45) is 4.21. The minimum atomic E-state index is 0.0340. The van der Waals surface area contributed by atoms with Crippen LogP contribution in [0.25, 0.3) is 22.2 Å². The Balaban J connectivity index is 1.88. The molecule has 1 aliphatic heterocycles. The maximum Gasteiger partial charge on any atom is 0.261 e. The maximum absolute atomic E-state index is 12.7. The van der Waals surface area contributed by atoms with E-state index in [4.69, 9.17) is 10.7 Å². The highest BCUT2D eigenvalue weighted by Gasteiger charge is 2.17. The summed E-state index contributed by atoms with van der Waals surface area (Å²) in [5.41, 5.74) is 8.66. The highest BCUT2D eigenvalue weighted by atomic mass is 16.1. The second-order valence-corrected chi connectivity index (χ2v) is 6.02. The van der Waals surface area contributed by atoms with Crippen LogP contribution in [-0.4, -0.2) is 20.6 Å². The van der Waals surface area contributed by atoms with E-state index in [-0.39, 0.29) is 11.6 Å². The van der Waals surface area contributed by atoms with Crippen LogP contribution in [0.15, 0.2) is 47.4 Å². The third-order valence-corrected chi connectivity index (χ3v) is 4.46. The molecule has 0 spiro atoms. The second kappa shape index (κ2) is 5.59. The zero-order valence-electron chi connectivity index (χ0n) is 12.8. The lowest BCUT2D eigenvalue weighted by atomic mass is 10.1. The van der Waals surface area contributed by atoms with Gasteiger partial charge in [-0.1, -0.05) is 12.1 Å². The third-order valence-electron chi connectivity index (χ3n) is 4.46. The first kappa shape index (κ1) is 14.1. The number of fused-ring (bicyclic) bond motifs is 2. The molecule has 1 aliphatic rings. The van der Waals surface area contributed by atoms with Gasteiger partial charge in [0.1, 0.15) is 5.82 Å². The topological polar surface area (TPSA) is 73.8 Å². The Labute approximate surface area is 133 Å². The van der Waals surface area contributed by atoms with Gasteiger partial charge in [-0.05, 0) is 37.1 Å². The molecular formula is C18H18N4O. The van der Waals surface area contributed by atoms with Gasteiger partial charge in [0.25, 0.3) is 5.56 Å². The van der Waals surface area contributed by atoms with Gasteiger partial charge >= 0.3 is 0 Å². The molecule has 0 bridgehead atoms. The van der Waals surface area contributed by atoms with Crippen molar-refractivity contribution in [2.45, 2.75) is 31.8 Å². The zero-order chi connectivity index (χ0) is 15.8. The molecule has 2 N–H and O–H groups in total. The summed E-state index contributed by atoms with van der Waals surface area (Å²) in [4.78, 5) is 21.8. The first-order chi connectivity index (χ1) is 11.2. The van der Waals surface area contributed by atoms with Gasteiger partial charge in [0.15, 0.2) is 0 Å². The molecule has 3 heterocycles. The number of aryl methyl sites for hydroxylation is 1. The van der Waals surface area contributed by atoms with E-state index >= 15 is 0 Å². The number of rotatable bonds is 1. The van der Waals surface area contributed by atoms with Gasteiger partial charge in [0, 0.05) is 30.8 Å². The molecule has 3 aromatic rings. The van der Waals surface area contributed by atoms with E-state index in [1.165, 1.54) is 0 Å². The van der Waals surface area contributed by atoms with Gasteiger partial charge in [-0.2, -0.15) is 0 Å². The molecule has 2 aromatic heterocycles. The highest BCUT2D eigenvalue weighted by molar-refractivity contribution is 5.83. The number of hydrogen-bond donors (Lipinski definition) is 1. The Morgan fingerprint density at radius 1 is 1.17 bits per heavy atom. The molecule has 1 atom stereocenters. The summed E-state index contributed by atoms with van der Waals surface area (Å²) >= 11 is 0. The molecule has 1 aromatic carbocycles. The number of aromatic nitrogens is 3. The molecular weight excluding hydrogens is 288 g/mol. The molecule has 0 amide bonds.